The van der Waals surface area contributed by atoms with Crippen molar-refractivity contribution in [2.75, 3.05) is 13.1 Å². The van der Waals surface area contributed by atoms with Gasteiger partial charge in [0.05, 0.1) is 12.4 Å². The first-order valence-electron chi connectivity index (χ1n) is 7.33. The second-order valence-electron chi connectivity index (χ2n) is 5.46. The number of piperidine rings is 1. The third-order valence-corrected chi connectivity index (χ3v) is 4.62. The molecular weight excluding hydrogens is 365 g/mol. The lowest BCUT2D eigenvalue weighted by molar-refractivity contribution is -0.0500. The maximum atomic E-state index is 12.4. The zero-order valence-corrected chi connectivity index (χ0v) is 13.5. The van der Waals surface area contributed by atoms with E-state index in [1.807, 2.05) is 0 Å². The maximum Gasteiger partial charge on any atom is 0.534 e. The summed E-state index contributed by atoms with van der Waals surface area (Å²) >= 11 is 0. The van der Waals surface area contributed by atoms with Crippen molar-refractivity contribution >= 4 is 21.7 Å². The normalized spacial score (nSPS) is 16.2. The Morgan fingerprint density at radius 3 is 2.52 bits per heavy atom. The fourth-order valence-electron chi connectivity index (χ4n) is 2.44. The molecule has 12 heteroatoms. The lowest BCUT2D eigenvalue weighted by atomic mass is 10.1. The first-order valence-corrected chi connectivity index (χ1v) is 8.74. The Kier molecular flexibility index (Phi) is 4.31. The second kappa shape index (κ2) is 6.17. The van der Waals surface area contributed by atoms with Crippen LogP contribution in [0.2, 0.25) is 0 Å². The summed E-state index contributed by atoms with van der Waals surface area (Å²) in [6, 6.07) is 1.37. The summed E-state index contributed by atoms with van der Waals surface area (Å²) in [6.07, 6.45) is 4.56. The van der Waals surface area contributed by atoms with E-state index in [1.165, 1.54) is 6.07 Å². The van der Waals surface area contributed by atoms with Gasteiger partial charge >= 0.3 is 15.6 Å². The number of carbonyl (C=O) groups excluding carboxylic acids is 1. The van der Waals surface area contributed by atoms with Crippen LogP contribution in [0, 0.1) is 0 Å². The molecule has 25 heavy (non-hydrogen) atoms. The van der Waals surface area contributed by atoms with Crippen molar-refractivity contribution in [3.05, 3.63) is 24.2 Å². The van der Waals surface area contributed by atoms with Crippen molar-refractivity contribution in [1.82, 2.24) is 19.5 Å². The zero-order chi connectivity index (χ0) is 18.2. The minimum absolute atomic E-state index is 0.0743. The first kappa shape index (κ1) is 17.5. The number of amides is 1. The molecule has 2 aromatic rings. The molecule has 0 unspecified atom stereocenters. The van der Waals surface area contributed by atoms with Crippen molar-refractivity contribution in [3.8, 4) is 5.75 Å². The average Bonchev–Trinajstić information content (AvgIpc) is 2.96. The van der Waals surface area contributed by atoms with Crippen LogP contribution in [0.5, 0.6) is 5.75 Å². The van der Waals surface area contributed by atoms with Crippen LogP contribution in [0.3, 0.4) is 0 Å². The van der Waals surface area contributed by atoms with Gasteiger partial charge in [0.25, 0.3) is 5.91 Å². The number of likely N-dealkylation sites (tertiary alicyclic amines) is 1. The van der Waals surface area contributed by atoms with Gasteiger partial charge in [0.2, 0.25) is 0 Å². The Morgan fingerprint density at radius 1 is 1.20 bits per heavy atom. The SMILES string of the molecule is O=C(c1cc2ncc(OS(=O)(=O)C(F)(F)F)cn2n1)N1CCCCC1. The topological polar surface area (TPSA) is 93.9 Å². The van der Waals surface area contributed by atoms with Gasteiger partial charge in [-0.25, -0.2) is 9.50 Å². The standard InChI is InChI=1S/C13H13F3N4O4S/c14-13(15,16)25(22,23)24-9-7-17-11-6-10(18-20(11)8-9)12(21)19-4-2-1-3-5-19/h6-8H,1-5H2. The highest BCUT2D eigenvalue weighted by molar-refractivity contribution is 7.87. The Hall–Kier alpha value is -2.37. The molecule has 0 N–H and O–H groups in total. The summed E-state index contributed by atoms with van der Waals surface area (Å²) < 4.78 is 64.0. The summed E-state index contributed by atoms with van der Waals surface area (Å²) in [4.78, 5) is 17.8. The summed E-state index contributed by atoms with van der Waals surface area (Å²) in [7, 11) is -5.80. The van der Waals surface area contributed by atoms with Gasteiger partial charge in [0.1, 0.15) is 0 Å². The quantitative estimate of drug-likeness (QED) is 0.595. The lowest BCUT2D eigenvalue weighted by Gasteiger charge is -2.25. The van der Waals surface area contributed by atoms with E-state index in [1.54, 1.807) is 4.90 Å². The number of hydrogen-bond donors (Lipinski definition) is 0. The summed E-state index contributed by atoms with van der Waals surface area (Å²) in [6.45, 7) is 1.22. The fourth-order valence-corrected chi connectivity index (χ4v) is 2.87. The molecule has 0 aliphatic carbocycles. The number of aromatic nitrogens is 3. The Morgan fingerprint density at radius 2 is 1.88 bits per heavy atom. The average molecular weight is 378 g/mol. The molecule has 1 aliphatic rings. The van der Waals surface area contributed by atoms with Crippen LogP contribution in [0.4, 0.5) is 13.2 Å². The van der Waals surface area contributed by atoms with Crippen molar-refractivity contribution < 1.29 is 30.6 Å². The fraction of sp³-hybridized carbons (Fsp3) is 0.462. The number of halogens is 3. The highest BCUT2D eigenvalue weighted by Gasteiger charge is 2.48. The third-order valence-electron chi connectivity index (χ3n) is 3.64. The number of fused-ring (bicyclic) bond motifs is 1. The highest BCUT2D eigenvalue weighted by atomic mass is 32.2. The van der Waals surface area contributed by atoms with Gasteiger partial charge in [0, 0.05) is 19.2 Å². The summed E-state index contributed by atoms with van der Waals surface area (Å²) in [5.74, 6) is -0.972. The van der Waals surface area contributed by atoms with E-state index < -0.39 is 21.4 Å². The highest BCUT2D eigenvalue weighted by Crippen LogP contribution is 2.26. The number of rotatable bonds is 3. The molecule has 0 saturated carbocycles. The molecule has 0 bridgehead atoms. The number of nitrogens with zero attached hydrogens (tertiary/aromatic N) is 4. The van der Waals surface area contributed by atoms with Gasteiger partial charge in [-0.15, -0.1) is 0 Å². The smallest absolute Gasteiger partial charge is 0.373 e. The molecule has 0 radical (unpaired) electrons. The van der Waals surface area contributed by atoms with Crippen LogP contribution < -0.4 is 4.18 Å². The van der Waals surface area contributed by atoms with E-state index in [0.717, 1.165) is 36.2 Å². The molecule has 1 fully saturated rings. The van der Waals surface area contributed by atoms with Gasteiger partial charge in [-0.2, -0.15) is 26.7 Å². The molecule has 0 atom stereocenters. The molecule has 3 heterocycles. The van der Waals surface area contributed by atoms with Crippen LogP contribution in [-0.4, -0.2) is 52.4 Å². The Bertz CT molecular complexity index is 904. The van der Waals surface area contributed by atoms with Crippen molar-refractivity contribution in [2.24, 2.45) is 0 Å². The van der Waals surface area contributed by atoms with Gasteiger partial charge < -0.3 is 9.08 Å². The van der Waals surface area contributed by atoms with Crippen molar-refractivity contribution in [1.29, 1.82) is 0 Å². The minimum atomic E-state index is -5.80. The molecule has 2 aromatic heterocycles. The van der Waals surface area contributed by atoms with Crippen molar-refractivity contribution in [2.45, 2.75) is 24.8 Å². The zero-order valence-electron chi connectivity index (χ0n) is 12.7. The molecule has 8 nitrogen and oxygen atoms in total. The molecule has 0 aromatic carbocycles. The molecule has 1 saturated heterocycles. The molecule has 1 amide bonds. The van der Waals surface area contributed by atoms with Crippen molar-refractivity contribution in [3.63, 3.8) is 0 Å². The van der Waals surface area contributed by atoms with E-state index in [9.17, 15) is 26.4 Å². The van der Waals surface area contributed by atoms with Gasteiger partial charge in [0.15, 0.2) is 17.1 Å². The molecule has 136 valence electrons. The summed E-state index contributed by atoms with van der Waals surface area (Å²) in [5, 5.41) is 3.95. The predicted octanol–water partition coefficient (Wildman–Crippen LogP) is 1.58. The van der Waals surface area contributed by atoms with E-state index >= 15 is 0 Å². The number of carbonyl (C=O) groups is 1. The van der Waals surface area contributed by atoms with Gasteiger partial charge in [-0.05, 0) is 19.3 Å². The largest absolute Gasteiger partial charge is 0.534 e. The number of hydrogen-bond acceptors (Lipinski definition) is 6. The Labute approximate surface area is 140 Å². The number of alkyl halides is 3. The monoisotopic (exact) mass is 378 g/mol. The van der Waals surface area contributed by atoms with Crippen LogP contribution in [0.15, 0.2) is 18.5 Å². The minimum Gasteiger partial charge on any atom is -0.373 e. The molecular formula is C13H13F3N4O4S. The third kappa shape index (κ3) is 3.52. The van der Waals surface area contributed by atoms with E-state index in [2.05, 4.69) is 14.3 Å². The molecule has 1 aliphatic heterocycles. The van der Waals surface area contributed by atoms with E-state index in [4.69, 9.17) is 0 Å². The van der Waals surface area contributed by atoms with E-state index in [-0.39, 0.29) is 17.2 Å². The van der Waals surface area contributed by atoms with Gasteiger partial charge in [-0.1, -0.05) is 0 Å². The summed E-state index contributed by atoms with van der Waals surface area (Å²) in [5.41, 5.74) is -5.30. The first-order chi connectivity index (χ1) is 11.7. The van der Waals surface area contributed by atoms with Crippen LogP contribution in [-0.2, 0) is 10.1 Å². The van der Waals surface area contributed by atoms with Crippen LogP contribution >= 0.6 is 0 Å². The molecule has 3 rings (SSSR count). The Balaban J connectivity index is 1.85. The predicted molar refractivity (Wildman–Crippen MR) is 78.3 cm³/mol. The van der Waals surface area contributed by atoms with E-state index in [0.29, 0.717) is 13.1 Å². The maximum absolute atomic E-state index is 12.4. The van der Waals surface area contributed by atoms with Gasteiger partial charge in [-0.3, -0.25) is 4.79 Å². The van der Waals surface area contributed by atoms with Crippen LogP contribution in [0.25, 0.3) is 5.65 Å². The second-order valence-corrected chi connectivity index (χ2v) is 7.00. The molecule has 0 spiro atoms. The lowest BCUT2D eigenvalue weighted by Crippen LogP contribution is -2.35. The van der Waals surface area contributed by atoms with Crippen LogP contribution in [0.1, 0.15) is 29.8 Å².